The molecule has 1 aliphatic rings. The second-order valence-corrected chi connectivity index (χ2v) is 5.07. The molecule has 1 fully saturated rings. The van der Waals surface area contributed by atoms with Crippen molar-refractivity contribution in [1.29, 1.82) is 0 Å². The number of methoxy groups -OCH3 is 1. The molecule has 2 rings (SSSR count). The van der Waals surface area contributed by atoms with Crippen molar-refractivity contribution in [3.05, 3.63) is 23.8 Å². The van der Waals surface area contributed by atoms with E-state index in [1.165, 1.54) is 26.2 Å². The minimum Gasteiger partial charge on any atom is -0.493 e. The predicted molar refractivity (Wildman–Crippen MR) is 84.2 cm³/mol. The van der Waals surface area contributed by atoms with Gasteiger partial charge in [-0.25, -0.2) is 9.59 Å². The van der Waals surface area contributed by atoms with E-state index in [1.54, 1.807) is 6.07 Å². The Morgan fingerprint density at radius 3 is 2.67 bits per heavy atom. The molecule has 1 aromatic rings. The fourth-order valence-electron chi connectivity index (χ4n) is 2.25. The number of rotatable bonds is 6. The van der Waals surface area contributed by atoms with Crippen LogP contribution in [0.15, 0.2) is 18.2 Å². The lowest BCUT2D eigenvalue weighted by Gasteiger charge is -2.18. The first-order valence-electron chi connectivity index (χ1n) is 7.59. The topological polar surface area (TPSA) is 94.2 Å². The van der Waals surface area contributed by atoms with Crippen LogP contribution in [0.2, 0.25) is 0 Å². The predicted octanol–water partition coefficient (Wildman–Crippen LogP) is 1.19. The van der Waals surface area contributed by atoms with E-state index in [1.807, 2.05) is 6.92 Å². The van der Waals surface area contributed by atoms with Gasteiger partial charge in [-0.05, 0) is 32.0 Å². The number of amides is 3. The molecule has 8 nitrogen and oxygen atoms in total. The fraction of sp³-hybridized carbons (Fsp3) is 0.438. The summed E-state index contributed by atoms with van der Waals surface area (Å²) >= 11 is 0. The number of benzene rings is 1. The molecule has 0 aliphatic carbocycles. The third kappa shape index (κ3) is 3.76. The summed E-state index contributed by atoms with van der Waals surface area (Å²) in [5.41, 5.74) is 0.227. The Balaban J connectivity index is 2.07. The molecule has 0 aromatic heterocycles. The van der Waals surface area contributed by atoms with Gasteiger partial charge in [-0.15, -0.1) is 0 Å². The maximum Gasteiger partial charge on any atom is 0.339 e. The van der Waals surface area contributed by atoms with Crippen molar-refractivity contribution in [2.45, 2.75) is 20.0 Å². The highest BCUT2D eigenvalue weighted by atomic mass is 16.5. The molecule has 1 aromatic carbocycles. The van der Waals surface area contributed by atoms with E-state index >= 15 is 0 Å². The maximum atomic E-state index is 12.2. The van der Waals surface area contributed by atoms with Crippen LogP contribution in [-0.2, 0) is 9.53 Å². The number of esters is 1. The largest absolute Gasteiger partial charge is 0.493 e. The molecule has 0 radical (unpaired) electrons. The maximum absolute atomic E-state index is 12.2. The fourth-order valence-corrected chi connectivity index (χ4v) is 2.25. The monoisotopic (exact) mass is 336 g/mol. The Kier molecular flexibility index (Phi) is 5.62. The van der Waals surface area contributed by atoms with Crippen molar-refractivity contribution in [1.82, 2.24) is 10.2 Å². The lowest BCUT2D eigenvalue weighted by atomic mass is 10.2. The Labute approximate surface area is 139 Å². The zero-order valence-electron chi connectivity index (χ0n) is 13.8. The van der Waals surface area contributed by atoms with Gasteiger partial charge in [0, 0.05) is 13.1 Å². The molecular formula is C16H20N2O6. The van der Waals surface area contributed by atoms with Gasteiger partial charge in [0.15, 0.2) is 17.6 Å². The summed E-state index contributed by atoms with van der Waals surface area (Å²) < 4.78 is 15.7. The molecule has 0 unspecified atom stereocenters. The standard InChI is InChI=1S/C16H20N2O6/c1-4-23-13-9-11(5-6-12(13)22-3)15(20)24-10(2)14(19)18-8-7-17-16(18)21/h5-6,9-10H,4,7-8H2,1-3H3,(H,17,21)/t10-/m1/s1. The average molecular weight is 336 g/mol. The number of ether oxygens (including phenoxy) is 3. The third-order valence-corrected chi connectivity index (χ3v) is 3.45. The number of imide groups is 1. The van der Waals surface area contributed by atoms with Crippen LogP contribution in [0.3, 0.4) is 0 Å². The highest BCUT2D eigenvalue weighted by molar-refractivity contribution is 5.99. The molecule has 0 saturated carbocycles. The zero-order chi connectivity index (χ0) is 17.7. The van der Waals surface area contributed by atoms with Crippen LogP contribution in [0, 0.1) is 0 Å². The number of nitrogens with zero attached hydrogens (tertiary/aromatic N) is 1. The molecule has 1 N–H and O–H groups in total. The first-order valence-corrected chi connectivity index (χ1v) is 7.59. The van der Waals surface area contributed by atoms with Gasteiger partial charge >= 0.3 is 12.0 Å². The summed E-state index contributed by atoms with van der Waals surface area (Å²) in [6, 6.07) is 4.11. The molecule has 3 amide bonds. The van der Waals surface area contributed by atoms with Crippen molar-refractivity contribution in [2.24, 2.45) is 0 Å². The Morgan fingerprint density at radius 1 is 1.33 bits per heavy atom. The summed E-state index contributed by atoms with van der Waals surface area (Å²) in [4.78, 5) is 36.9. The Hall–Kier alpha value is -2.77. The van der Waals surface area contributed by atoms with Gasteiger partial charge in [-0.1, -0.05) is 0 Å². The van der Waals surface area contributed by atoms with E-state index in [0.29, 0.717) is 24.7 Å². The zero-order valence-corrected chi connectivity index (χ0v) is 13.8. The van der Waals surface area contributed by atoms with Crippen molar-refractivity contribution >= 4 is 17.9 Å². The minimum atomic E-state index is -1.07. The normalized spacial score (nSPS) is 14.8. The molecular weight excluding hydrogens is 316 g/mol. The Morgan fingerprint density at radius 2 is 2.08 bits per heavy atom. The van der Waals surface area contributed by atoms with Crippen LogP contribution in [0.5, 0.6) is 11.5 Å². The molecule has 1 heterocycles. The smallest absolute Gasteiger partial charge is 0.339 e. The number of carbonyl (C=O) groups excluding carboxylic acids is 3. The van der Waals surface area contributed by atoms with Crippen LogP contribution < -0.4 is 14.8 Å². The summed E-state index contributed by atoms with van der Waals surface area (Å²) in [6.07, 6.45) is -1.07. The summed E-state index contributed by atoms with van der Waals surface area (Å²) in [6.45, 7) is 4.30. The van der Waals surface area contributed by atoms with Gasteiger partial charge in [-0.2, -0.15) is 0 Å². The number of urea groups is 1. The van der Waals surface area contributed by atoms with E-state index < -0.39 is 24.0 Å². The van der Waals surface area contributed by atoms with Crippen molar-refractivity contribution in [2.75, 3.05) is 26.8 Å². The van der Waals surface area contributed by atoms with Crippen LogP contribution in [0.4, 0.5) is 4.79 Å². The lowest BCUT2D eigenvalue weighted by Crippen LogP contribution is -2.41. The molecule has 0 spiro atoms. The van der Waals surface area contributed by atoms with Gasteiger partial charge in [-0.3, -0.25) is 9.69 Å². The average Bonchev–Trinajstić information content (AvgIpc) is 3.00. The van der Waals surface area contributed by atoms with Crippen molar-refractivity contribution < 1.29 is 28.6 Å². The number of hydrogen-bond acceptors (Lipinski definition) is 6. The lowest BCUT2D eigenvalue weighted by molar-refractivity contribution is -0.136. The first-order chi connectivity index (χ1) is 11.5. The van der Waals surface area contributed by atoms with Crippen molar-refractivity contribution in [3.63, 3.8) is 0 Å². The quantitative estimate of drug-likeness (QED) is 0.784. The van der Waals surface area contributed by atoms with Gasteiger partial charge in [0.25, 0.3) is 5.91 Å². The van der Waals surface area contributed by atoms with Crippen LogP contribution in [-0.4, -0.2) is 55.7 Å². The van der Waals surface area contributed by atoms with E-state index in [0.717, 1.165) is 4.90 Å². The molecule has 130 valence electrons. The van der Waals surface area contributed by atoms with Crippen LogP contribution >= 0.6 is 0 Å². The molecule has 8 heteroatoms. The molecule has 1 saturated heterocycles. The van der Waals surface area contributed by atoms with E-state index in [9.17, 15) is 14.4 Å². The highest BCUT2D eigenvalue weighted by Crippen LogP contribution is 2.28. The van der Waals surface area contributed by atoms with E-state index in [-0.39, 0.29) is 12.1 Å². The molecule has 1 atom stereocenters. The summed E-state index contributed by atoms with van der Waals surface area (Å²) in [5, 5.41) is 2.52. The SMILES string of the molecule is CCOc1cc(C(=O)O[C@H](C)C(=O)N2CCNC2=O)ccc1OC. The first kappa shape index (κ1) is 17.6. The summed E-state index contributed by atoms with van der Waals surface area (Å²) in [5.74, 6) is -0.338. The van der Waals surface area contributed by atoms with Gasteiger partial charge in [0.1, 0.15) is 0 Å². The number of hydrogen-bond donors (Lipinski definition) is 1. The molecule has 24 heavy (non-hydrogen) atoms. The van der Waals surface area contributed by atoms with Gasteiger partial charge in [0.05, 0.1) is 19.3 Å². The van der Waals surface area contributed by atoms with Crippen LogP contribution in [0.1, 0.15) is 24.2 Å². The molecule has 1 aliphatic heterocycles. The number of nitrogens with one attached hydrogen (secondary N) is 1. The van der Waals surface area contributed by atoms with E-state index in [4.69, 9.17) is 14.2 Å². The van der Waals surface area contributed by atoms with Crippen molar-refractivity contribution in [3.8, 4) is 11.5 Å². The van der Waals surface area contributed by atoms with Gasteiger partial charge < -0.3 is 19.5 Å². The number of carbonyl (C=O) groups is 3. The Bertz CT molecular complexity index is 645. The van der Waals surface area contributed by atoms with E-state index in [2.05, 4.69) is 5.32 Å². The minimum absolute atomic E-state index is 0.227. The third-order valence-electron chi connectivity index (χ3n) is 3.45. The second kappa shape index (κ2) is 7.67. The van der Waals surface area contributed by atoms with Gasteiger partial charge in [0.2, 0.25) is 0 Å². The second-order valence-electron chi connectivity index (χ2n) is 5.07. The highest BCUT2D eigenvalue weighted by Gasteiger charge is 2.31. The van der Waals surface area contributed by atoms with Crippen LogP contribution in [0.25, 0.3) is 0 Å². The molecule has 0 bridgehead atoms. The summed E-state index contributed by atoms with van der Waals surface area (Å²) in [7, 11) is 1.50.